The number of aliphatic hydroxyl groups excluding tert-OH is 1. The largest absolute Gasteiger partial charge is 0.396 e. The molecule has 0 rings (SSSR count). The number of hydrogen-bond donors (Lipinski definition) is 4. The second kappa shape index (κ2) is 14.0. The van der Waals surface area contributed by atoms with E-state index in [9.17, 15) is 5.11 Å². The van der Waals surface area contributed by atoms with Crippen molar-refractivity contribution in [2.45, 2.75) is 0 Å². The normalized spacial score (nSPS) is 12.0. The van der Waals surface area contributed by atoms with E-state index in [4.69, 9.17) is 0 Å². The van der Waals surface area contributed by atoms with Crippen molar-refractivity contribution >= 4 is 73.2 Å². The molecule has 0 fully saturated rings. The van der Waals surface area contributed by atoms with Gasteiger partial charge in [0, 0.05) is 39.9 Å². The van der Waals surface area contributed by atoms with Crippen LogP contribution in [0.4, 0.5) is 0 Å². The maximum Gasteiger partial charge on any atom is 0.0511 e. The van der Waals surface area contributed by atoms with Crippen LogP contribution in [0.5, 0.6) is 0 Å². The number of aliphatic hydroxyl groups is 1. The summed E-state index contributed by atoms with van der Waals surface area (Å²) < 4.78 is 0. The van der Waals surface area contributed by atoms with Gasteiger partial charge in [0.05, 0.1) is 6.61 Å². The molecule has 0 aromatic rings. The van der Waals surface area contributed by atoms with E-state index >= 15 is 0 Å². The van der Waals surface area contributed by atoms with E-state index in [-0.39, 0.29) is 12.0 Å². The molecule has 0 amide bonds. The Bertz CT molecular complexity index is 154. The summed E-state index contributed by atoms with van der Waals surface area (Å²) in [6.45, 7) is 0.270. The van der Waals surface area contributed by atoms with Gasteiger partial charge in [0.15, 0.2) is 0 Å². The third kappa shape index (κ3) is 9.88. The Hall–Kier alpha value is 2.06. The van der Waals surface area contributed by atoms with Gasteiger partial charge < -0.3 is 5.11 Å². The molecule has 0 unspecified atom stereocenters. The molecule has 0 aliphatic carbocycles. The van der Waals surface area contributed by atoms with Gasteiger partial charge in [-0.15, -0.1) is 0 Å². The van der Waals surface area contributed by atoms with Gasteiger partial charge in [-0.05, 0) is 17.3 Å². The highest BCUT2D eigenvalue weighted by molar-refractivity contribution is 8.01. The van der Waals surface area contributed by atoms with Crippen LogP contribution < -0.4 is 0 Å². The third-order valence-corrected chi connectivity index (χ3v) is 7.77. The minimum absolute atomic E-state index is 0.0366. The molecule has 0 bridgehead atoms. The summed E-state index contributed by atoms with van der Waals surface area (Å²) >= 11 is 18.4. The first-order valence-electron chi connectivity index (χ1n) is 5.91. The molecule has 110 valence electrons. The van der Waals surface area contributed by atoms with E-state index in [1.807, 2.05) is 35.3 Å². The molecule has 1 N–H and O–H groups in total. The lowest BCUT2D eigenvalue weighted by atomic mass is 9.97. The molecular formula is C11H24OS6. The van der Waals surface area contributed by atoms with Crippen molar-refractivity contribution in [3.05, 3.63) is 0 Å². The summed E-state index contributed by atoms with van der Waals surface area (Å²) in [5.41, 5.74) is 0.0366. The van der Waals surface area contributed by atoms with Gasteiger partial charge in [-0.3, -0.25) is 0 Å². The maximum absolute atomic E-state index is 9.78. The molecule has 0 radical (unpaired) electrons. The van der Waals surface area contributed by atoms with Crippen LogP contribution in [0.3, 0.4) is 0 Å². The average Bonchev–Trinajstić information content (AvgIpc) is 2.39. The Labute approximate surface area is 141 Å². The zero-order chi connectivity index (χ0) is 13.7. The summed E-state index contributed by atoms with van der Waals surface area (Å²) in [5, 5.41) is 9.78. The standard InChI is InChI=1S/C11H24OS6/c12-7-11(8-16-4-1-13,9-17-5-2-14)10-18-6-3-15/h12-15H,1-10H2. The zero-order valence-corrected chi connectivity index (χ0v) is 15.7. The van der Waals surface area contributed by atoms with Crippen molar-refractivity contribution in [3.63, 3.8) is 0 Å². The molecule has 18 heavy (non-hydrogen) atoms. The predicted molar refractivity (Wildman–Crippen MR) is 103 cm³/mol. The summed E-state index contributed by atoms with van der Waals surface area (Å²) in [5.74, 6) is 8.92. The lowest BCUT2D eigenvalue weighted by molar-refractivity contribution is 0.188. The zero-order valence-electron chi connectivity index (χ0n) is 10.6. The Balaban J connectivity index is 4.20. The van der Waals surface area contributed by atoms with E-state index in [0.29, 0.717) is 0 Å². The van der Waals surface area contributed by atoms with Gasteiger partial charge in [-0.2, -0.15) is 73.2 Å². The van der Waals surface area contributed by atoms with Gasteiger partial charge in [0.2, 0.25) is 0 Å². The van der Waals surface area contributed by atoms with Crippen molar-refractivity contribution in [2.24, 2.45) is 5.41 Å². The van der Waals surface area contributed by atoms with Crippen LogP contribution in [0.1, 0.15) is 0 Å². The summed E-state index contributed by atoms with van der Waals surface area (Å²) in [4.78, 5) is 0. The highest BCUT2D eigenvalue weighted by Crippen LogP contribution is 2.31. The molecule has 0 aromatic carbocycles. The van der Waals surface area contributed by atoms with Gasteiger partial charge in [0.1, 0.15) is 0 Å². The Morgan fingerprint density at radius 2 is 1.06 bits per heavy atom. The van der Waals surface area contributed by atoms with Crippen LogP contribution in [0.25, 0.3) is 0 Å². The highest BCUT2D eigenvalue weighted by Gasteiger charge is 2.29. The topological polar surface area (TPSA) is 20.2 Å². The Morgan fingerprint density at radius 1 is 0.722 bits per heavy atom. The van der Waals surface area contributed by atoms with E-state index < -0.39 is 0 Å². The van der Waals surface area contributed by atoms with Crippen molar-refractivity contribution < 1.29 is 5.11 Å². The predicted octanol–water partition coefficient (Wildman–Crippen LogP) is 2.95. The van der Waals surface area contributed by atoms with Gasteiger partial charge >= 0.3 is 0 Å². The molecule has 0 atom stereocenters. The van der Waals surface area contributed by atoms with E-state index in [0.717, 1.165) is 51.8 Å². The molecule has 0 heterocycles. The quantitative estimate of drug-likeness (QED) is 0.298. The molecule has 1 nitrogen and oxygen atoms in total. The Morgan fingerprint density at radius 3 is 1.28 bits per heavy atom. The van der Waals surface area contributed by atoms with Gasteiger partial charge in [-0.1, -0.05) is 0 Å². The summed E-state index contributed by atoms with van der Waals surface area (Å²) in [6, 6.07) is 0. The minimum atomic E-state index is 0.0366. The van der Waals surface area contributed by atoms with Crippen molar-refractivity contribution in [3.8, 4) is 0 Å². The highest BCUT2D eigenvalue weighted by atomic mass is 32.2. The fourth-order valence-corrected chi connectivity index (χ4v) is 5.88. The van der Waals surface area contributed by atoms with Crippen LogP contribution in [0.15, 0.2) is 0 Å². The molecular weight excluding hydrogens is 341 g/mol. The van der Waals surface area contributed by atoms with E-state index in [1.165, 1.54) is 0 Å². The van der Waals surface area contributed by atoms with Crippen molar-refractivity contribution in [1.29, 1.82) is 0 Å². The summed E-state index contributed by atoms with van der Waals surface area (Å²) in [6.07, 6.45) is 0. The third-order valence-electron chi connectivity index (χ3n) is 2.27. The van der Waals surface area contributed by atoms with Gasteiger partial charge in [0.25, 0.3) is 0 Å². The van der Waals surface area contributed by atoms with Crippen molar-refractivity contribution in [2.75, 3.05) is 58.4 Å². The molecule has 7 heteroatoms. The van der Waals surface area contributed by atoms with Gasteiger partial charge in [-0.25, -0.2) is 0 Å². The maximum atomic E-state index is 9.78. The number of thioether (sulfide) groups is 3. The fourth-order valence-electron chi connectivity index (χ4n) is 1.32. The van der Waals surface area contributed by atoms with Crippen LogP contribution in [-0.2, 0) is 0 Å². The molecule has 0 saturated heterocycles. The second-order valence-electron chi connectivity index (χ2n) is 3.99. The van der Waals surface area contributed by atoms with E-state index in [1.54, 1.807) is 0 Å². The summed E-state index contributed by atoms with van der Waals surface area (Å²) in [7, 11) is 0. The molecule has 0 spiro atoms. The number of hydrogen-bond acceptors (Lipinski definition) is 7. The minimum Gasteiger partial charge on any atom is -0.396 e. The second-order valence-corrected chi connectivity index (χ2v) is 8.64. The molecule has 0 aliphatic heterocycles. The number of rotatable bonds is 13. The first-order chi connectivity index (χ1) is 8.74. The number of thiol groups is 3. The molecule has 0 saturated carbocycles. The average molecular weight is 365 g/mol. The lowest BCUT2D eigenvalue weighted by Gasteiger charge is -2.31. The lowest BCUT2D eigenvalue weighted by Crippen LogP contribution is -2.35. The van der Waals surface area contributed by atoms with Crippen LogP contribution in [0, 0.1) is 5.41 Å². The molecule has 0 aliphatic rings. The molecule has 0 aromatic heterocycles. The fraction of sp³-hybridized carbons (Fsp3) is 1.00. The monoisotopic (exact) mass is 364 g/mol. The van der Waals surface area contributed by atoms with E-state index in [2.05, 4.69) is 37.9 Å². The first-order valence-corrected chi connectivity index (χ1v) is 11.3. The van der Waals surface area contributed by atoms with Crippen LogP contribution >= 0.6 is 73.2 Å². The van der Waals surface area contributed by atoms with Crippen LogP contribution in [0.2, 0.25) is 0 Å². The van der Waals surface area contributed by atoms with Crippen molar-refractivity contribution in [1.82, 2.24) is 0 Å². The first kappa shape index (κ1) is 20.1. The van der Waals surface area contributed by atoms with Crippen LogP contribution in [-0.4, -0.2) is 63.5 Å². The Kier molecular flexibility index (Phi) is 15.6. The smallest absolute Gasteiger partial charge is 0.0511 e. The SMILES string of the molecule is OCC(CSCCS)(CSCCS)CSCCS.